The van der Waals surface area contributed by atoms with Crippen molar-refractivity contribution in [1.82, 2.24) is 0 Å². The van der Waals surface area contributed by atoms with E-state index in [2.05, 4.69) is 15.9 Å². The third kappa shape index (κ3) is 2.92. The second-order valence-electron chi connectivity index (χ2n) is 5.12. The molecule has 1 atom stereocenters. The van der Waals surface area contributed by atoms with Gasteiger partial charge in [0.1, 0.15) is 16.5 Å². The van der Waals surface area contributed by atoms with Crippen molar-refractivity contribution in [2.45, 2.75) is 36.1 Å². The van der Waals surface area contributed by atoms with Crippen LogP contribution in [-0.2, 0) is 4.74 Å². The Kier molecular flexibility index (Phi) is 5.21. The standard InChI is InChI=1S/C15H20BrClO3/c1-18-12-6-5-10(14(19-2)13(12)17)11(16)9-15(20-3)7-4-8-15/h5-6,11H,4,7-9H2,1-3H3. The van der Waals surface area contributed by atoms with Gasteiger partial charge in [0.25, 0.3) is 0 Å². The molecule has 0 saturated heterocycles. The fourth-order valence-electron chi connectivity index (χ4n) is 2.66. The summed E-state index contributed by atoms with van der Waals surface area (Å²) in [6.45, 7) is 0. The summed E-state index contributed by atoms with van der Waals surface area (Å²) in [5.74, 6) is 1.29. The number of ether oxygens (including phenoxy) is 3. The van der Waals surface area contributed by atoms with E-state index in [-0.39, 0.29) is 10.4 Å². The minimum atomic E-state index is -0.00835. The maximum atomic E-state index is 6.31. The van der Waals surface area contributed by atoms with Gasteiger partial charge >= 0.3 is 0 Å². The van der Waals surface area contributed by atoms with Crippen LogP contribution < -0.4 is 9.47 Å². The van der Waals surface area contributed by atoms with Gasteiger partial charge in [-0.3, -0.25) is 0 Å². The molecule has 2 rings (SSSR count). The first-order valence-corrected chi connectivity index (χ1v) is 7.96. The Labute approximate surface area is 133 Å². The van der Waals surface area contributed by atoms with Crippen LogP contribution in [0.15, 0.2) is 12.1 Å². The summed E-state index contributed by atoms with van der Waals surface area (Å²) < 4.78 is 16.4. The van der Waals surface area contributed by atoms with Crippen LogP contribution >= 0.6 is 27.5 Å². The SMILES string of the molecule is COc1ccc(C(Br)CC2(OC)CCC2)c(OC)c1Cl. The lowest BCUT2D eigenvalue weighted by Crippen LogP contribution is -2.39. The molecule has 0 bridgehead atoms. The number of alkyl halides is 1. The lowest BCUT2D eigenvalue weighted by Gasteiger charge is -2.42. The largest absolute Gasteiger partial charge is 0.495 e. The van der Waals surface area contributed by atoms with E-state index in [0.717, 1.165) is 24.8 Å². The van der Waals surface area contributed by atoms with Crippen molar-refractivity contribution in [2.75, 3.05) is 21.3 Å². The van der Waals surface area contributed by atoms with Gasteiger partial charge in [0.15, 0.2) is 0 Å². The third-order valence-corrected chi connectivity index (χ3v) is 5.28. The zero-order valence-electron chi connectivity index (χ0n) is 12.0. The molecular formula is C15H20BrClO3. The molecule has 5 heteroatoms. The number of halogens is 2. The van der Waals surface area contributed by atoms with E-state index in [1.54, 1.807) is 21.3 Å². The molecule has 0 amide bonds. The van der Waals surface area contributed by atoms with E-state index < -0.39 is 0 Å². The van der Waals surface area contributed by atoms with Crippen LogP contribution in [0.25, 0.3) is 0 Å². The van der Waals surface area contributed by atoms with Gasteiger partial charge in [-0.05, 0) is 31.7 Å². The van der Waals surface area contributed by atoms with Crippen LogP contribution in [0.4, 0.5) is 0 Å². The van der Waals surface area contributed by atoms with Crippen molar-refractivity contribution in [3.63, 3.8) is 0 Å². The topological polar surface area (TPSA) is 27.7 Å². The molecule has 0 radical (unpaired) electrons. The number of rotatable bonds is 6. The maximum Gasteiger partial charge on any atom is 0.145 e. The first-order chi connectivity index (χ1) is 9.56. The molecule has 112 valence electrons. The molecule has 1 saturated carbocycles. The highest BCUT2D eigenvalue weighted by atomic mass is 79.9. The molecule has 1 fully saturated rings. The minimum absolute atomic E-state index is 0.00835. The molecule has 1 unspecified atom stereocenters. The predicted octanol–water partition coefficient (Wildman–Crippen LogP) is 4.75. The second kappa shape index (κ2) is 6.54. The molecule has 1 aliphatic carbocycles. The molecule has 0 heterocycles. The van der Waals surface area contributed by atoms with Gasteiger partial charge in [0.2, 0.25) is 0 Å². The van der Waals surface area contributed by atoms with Gasteiger partial charge in [0.05, 0.1) is 19.8 Å². The van der Waals surface area contributed by atoms with E-state index in [9.17, 15) is 0 Å². The summed E-state index contributed by atoms with van der Waals surface area (Å²) in [6, 6.07) is 3.86. The van der Waals surface area contributed by atoms with Gasteiger partial charge in [-0.1, -0.05) is 33.6 Å². The highest BCUT2D eigenvalue weighted by Crippen LogP contribution is 2.48. The molecule has 20 heavy (non-hydrogen) atoms. The Bertz CT molecular complexity index is 469. The molecule has 1 aromatic carbocycles. The van der Waals surface area contributed by atoms with Crippen LogP contribution in [-0.4, -0.2) is 26.9 Å². The molecule has 1 aromatic rings. The molecule has 0 aromatic heterocycles. The van der Waals surface area contributed by atoms with Crippen LogP contribution in [0.1, 0.15) is 36.1 Å². The fourth-order valence-corrected chi connectivity index (χ4v) is 3.94. The molecular weight excluding hydrogens is 344 g/mol. The lowest BCUT2D eigenvalue weighted by atomic mass is 9.76. The first kappa shape index (κ1) is 15.9. The Morgan fingerprint density at radius 2 is 1.95 bits per heavy atom. The van der Waals surface area contributed by atoms with Crippen molar-refractivity contribution in [3.8, 4) is 11.5 Å². The minimum Gasteiger partial charge on any atom is -0.495 e. The summed E-state index contributed by atoms with van der Waals surface area (Å²) in [6.07, 6.45) is 4.35. The highest BCUT2D eigenvalue weighted by molar-refractivity contribution is 9.09. The van der Waals surface area contributed by atoms with Crippen LogP contribution in [0.3, 0.4) is 0 Å². The predicted molar refractivity (Wildman–Crippen MR) is 84.4 cm³/mol. The Balaban J connectivity index is 2.25. The van der Waals surface area contributed by atoms with Gasteiger partial charge in [0, 0.05) is 17.5 Å². The molecule has 1 aliphatic rings. The summed E-state index contributed by atoms with van der Waals surface area (Å²) in [7, 11) is 5.01. The Morgan fingerprint density at radius 3 is 2.40 bits per heavy atom. The molecule has 0 N–H and O–H groups in total. The summed E-state index contributed by atoms with van der Waals surface area (Å²) in [5.41, 5.74) is 1.02. The average molecular weight is 364 g/mol. The molecule has 3 nitrogen and oxygen atoms in total. The maximum absolute atomic E-state index is 6.31. The molecule has 0 spiro atoms. The third-order valence-electron chi connectivity index (χ3n) is 4.10. The quantitative estimate of drug-likeness (QED) is 0.682. The molecule has 0 aliphatic heterocycles. The van der Waals surface area contributed by atoms with Crippen LogP contribution in [0.5, 0.6) is 11.5 Å². The second-order valence-corrected chi connectivity index (χ2v) is 6.60. The van der Waals surface area contributed by atoms with Crippen molar-refractivity contribution in [1.29, 1.82) is 0 Å². The van der Waals surface area contributed by atoms with E-state index in [1.165, 1.54) is 6.42 Å². The summed E-state index contributed by atoms with van der Waals surface area (Å²) in [5, 5.41) is 0.511. The highest BCUT2D eigenvalue weighted by Gasteiger charge is 2.39. The monoisotopic (exact) mass is 362 g/mol. The van der Waals surface area contributed by atoms with Crippen molar-refractivity contribution in [3.05, 3.63) is 22.7 Å². The normalized spacial score (nSPS) is 18.2. The van der Waals surface area contributed by atoms with Crippen molar-refractivity contribution >= 4 is 27.5 Å². The summed E-state index contributed by atoms with van der Waals surface area (Å²) in [4.78, 5) is 0.140. The van der Waals surface area contributed by atoms with Crippen molar-refractivity contribution in [2.24, 2.45) is 0 Å². The van der Waals surface area contributed by atoms with Crippen molar-refractivity contribution < 1.29 is 14.2 Å². The van der Waals surface area contributed by atoms with Gasteiger partial charge in [-0.2, -0.15) is 0 Å². The Morgan fingerprint density at radius 1 is 1.25 bits per heavy atom. The van der Waals surface area contributed by atoms with Gasteiger partial charge < -0.3 is 14.2 Å². The average Bonchev–Trinajstić information content (AvgIpc) is 2.42. The number of hydrogen-bond donors (Lipinski definition) is 0. The summed E-state index contributed by atoms with van der Waals surface area (Å²) >= 11 is 10.1. The van der Waals surface area contributed by atoms with Crippen LogP contribution in [0.2, 0.25) is 5.02 Å². The van der Waals surface area contributed by atoms with E-state index in [0.29, 0.717) is 16.5 Å². The van der Waals surface area contributed by atoms with E-state index in [1.807, 2.05) is 12.1 Å². The lowest BCUT2D eigenvalue weighted by molar-refractivity contribution is -0.0773. The zero-order chi connectivity index (χ0) is 14.8. The number of methoxy groups -OCH3 is 3. The number of benzene rings is 1. The van der Waals surface area contributed by atoms with Gasteiger partial charge in [-0.25, -0.2) is 0 Å². The van der Waals surface area contributed by atoms with Gasteiger partial charge in [-0.15, -0.1) is 0 Å². The van der Waals surface area contributed by atoms with Crippen LogP contribution in [0, 0.1) is 0 Å². The smallest absolute Gasteiger partial charge is 0.145 e. The van der Waals surface area contributed by atoms with E-state index >= 15 is 0 Å². The van der Waals surface area contributed by atoms with E-state index in [4.69, 9.17) is 25.8 Å². The number of hydrogen-bond acceptors (Lipinski definition) is 3. The fraction of sp³-hybridized carbons (Fsp3) is 0.600. The first-order valence-electron chi connectivity index (χ1n) is 6.66. The Hall–Kier alpha value is -0.450. The zero-order valence-corrected chi connectivity index (χ0v) is 14.4.